The Kier molecular flexibility index (Phi) is 5.14. The molecule has 2 aromatic carbocycles. The molecule has 1 fully saturated rings. The van der Waals surface area contributed by atoms with Gasteiger partial charge in [-0.15, -0.1) is 0 Å². The van der Waals surface area contributed by atoms with Crippen molar-refractivity contribution in [3.63, 3.8) is 0 Å². The first-order valence-electron chi connectivity index (χ1n) is 9.05. The van der Waals surface area contributed by atoms with Crippen LogP contribution in [0.1, 0.15) is 5.56 Å². The van der Waals surface area contributed by atoms with Gasteiger partial charge in [0.05, 0.1) is 33.7 Å². The lowest BCUT2D eigenvalue weighted by molar-refractivity contribution is -0.902. The first kappa shape index (κ1) is 18.6. The van der Waals surface area contributed by atoms with Crippen molar-refractivity contribution in [2.24, 2.45) is 5.73 Å². The highest BCUT2D eigenvalue weighted by atomic mass is 16.2. The molecule has 2 N–H and O–H groups in total. The Bertz CT molecular complexity index is 747. The van der Waals surface area contributed by atoms with Crippen LogP contribution in [0.15, 0.2) is 60.7 Å². The van der Waals surface area contributed by atoms with E-state index < -0.39 is 5.66 Å². The number of piperazine rings is 1. The highest BCUT2D eigenvalue weighted by molar-refractivity contribution is 5.94. The fraction of sp³-hybridized carbons (Fsp3) is 0.381. The molecule has 1 saturated heterocycles. The number of para-hydroxylation sites is 1. The van der Waals surface area contributed by atoms with Gasteiger partial charge in [0, 0.05) is 12.7 Å². The van der Waals surface area contributed by atoms with Gasteiger partial charge in [-0.05, 0) is 17.7 Å². The number of likely N-dealkylation sites (N-methyl/N-ethyl adjacent to an activating group) is 2. The lowest BCUT2D eigenvalue weighted by Crippen LogP contribution is -2.70. The van der Waals surface area contributed by atoms with Gasteiger partial charge in [0.25, 0.3) is 0 Å². The Morgan fingerprint density at radius 2 is 1.69 bits per heavy atom. The zero-order chi connectivity index (χ0) is 18.8. The second kappa shape index (κ2) is 7.19. The molecule has 0 bridgehead atoms. The predicted molar refractivity (Wildman–Crippen MR) is 106 cm³/mol. The summed E-state index contributed by atoms with van der Waals surface area (Å²) in [4.78, 5) is 16.8. The molecule has 0 aliphatic carbocycles. The molecule has 138 valence electrons. The van der Waals surface area contributed by atoms with Crippen molar-refractivity contribution >= 4 is 11.6 Å². The molecule has 1 atom stereocenters. The molecule has 5 nitrogen and oxygen atoms in total. The van der Waals surface area contributed by atoms with Crippen LogP contribution in [0.4, 0.5) is 5.69 Å². The summed E-state index contributed by atoms with van der Waals surface area (Å²) >= 11 is 0. The summed E-state index contributed by atoms with van der Waals surface area (Å²) in [7, 11) is 6.21. The molecule has 0 spiro atoms. The van der Waals surface area contributed by atoms with Crippen LogP contribution >= 0.6 is 0 Å². The van der Waals surface area contributed by atoms with Gasteiger partial charge in [0.1, 0.15) is 12.2 Å². The smallest absolute Gasteiger partial charge is 0.240 e. The largest absolute Gasteiger partial charge is 0.324 e. The zero-order valence-corrected chi connectivity index (χ0v) is 15.9. The summed E-state index contributed by atoms with van der Waals surface area (Å²) < 4.78 is 0.838. The van der Waals surface area contributed by atoms with Crippen LogP contribution in [-0.2, 0) is 10.5 Å². The number of rotatable bonds is 4. The molecule has 0 radical (unpaired) electrons. The lowest BCUT2D eigenvalue weighted by atomic mass is 9.94. The van der Waals surface area contributed by atoms with Gasteiger partial charge in [-0.25, -0.2) is 0 Å². The van der Waals surface area contributed by atoms with Crippen LogP contribution in [0, 0.1) is 0 Å². The molecular weight excluding hydrogens is 324 g/mol. The van der Waals surface area contributed by atoms with Gasteiger partial charge >= 0.3 is 0 Å². The van der Waals surface area contributed by atoms with Crippen LogP contribution in [0.3, 0.4) is 0 Å². The Morgan fingerprint density at radius 3 is 2.31 bits per heavy atom. The number of anilines is 1. The lowest BCUT2D eigenvalue weighted by Gasteiger charge is -2.50. The van der Waals surface area contributed by atoms with E-state index in [1.807, 2.05) is 55.6 Å². The number of hydrogen-bond acceptors (Lipinski definition) is 3. The fourth-order valence-corrected chi connectivity index (χ4v) is 3.71. The molecule has 1 heterocycles. The van der Waals surface area contributed by atoms with Gasteiger partial charge in [0.15, 0.2) is 0 Å². The van der Waals surface area contributed by atoms with E-state index in [9.17, 15) is 4.79 Å². The van der Waals surface area contributed by atoms with E-state index in [0.717, 1.165) is 35.4 Å². The van der Waals surface area contributed by atoms with Crippen molar-refractivity contribution < 1.29 is 9.28 Å². The van der Waals surface area contributed by atoms with Gasteiger partial charge in [-0.3, -0.25) is 9.69 Å². The first-order valence-corrected chi connectivity index (χ1v) is 9.05. The quantitative estimate of drug-likeness (QED) is 0.854. The molecule has 5 heteroatoms. The Labute approximate surface area is 156 Å². The molecule has 1 aliphatic heterocycles. The van der Waals surface area contributed by atoms with Gasteiger partial charge in [0.2, 0.25) is 5.91 Å². The van der Waals surface area contributed by atoms with Gasteiger partial charge in [-0.1, -0.05) is 48.5 Å². The number of nitrogens with zero attached hydrogens (tertiary/aromatic N) is 3. The van der Waals surface area contributed by atoms with Crippen LogP contribution in [0.25, 0.3) is 0 Å². The summed E-state index contributed by atoms with van der Waals surface area (Å²) in [5.41, 5.74) is 8.22. The number of carbonyl (C=O) groups is 1. The average Bonchev–Trinajstić information content (AvgIpc) is 2.64. The Morgan fingerprint density at radius 1 is 1.12 bits per heavy atom. The van der Waals surface area contributed by atoms with Crippen LogP contribution in [-0.4, -0.2) is 62.6 Å². The maximum atomic E-state index is 12.9. The zero-order valence-electron chi connectivity index (χ0n) is 15.9. The number of quaternary nitrogens is 1. The minimum absolute atomic E-state index is 0.0502. The molecule has 1 amide bonds. The van der Waals surface area contributed by atoms with Crippen molar-refractivity contribution in [3.8, 4) is 0 Å². The van der Waals surface area contributed by atoms with Crippen LogP contribution < -0.4 is 10.6 Å². The number of amides is 1. The second-order valence-electron chi connectivity index (χ2n) is 7.82. The number of hydrogen-bond donors (Lipinski definition) is 1. The van der Waals surface area contributed by atoms with Crippen molar-refractivity contribution in [2.45, 2.75) is 5.66 Å². The summed E-state index contributed by atoms with van der Waals surface area (Å²) in [6, 6.07) is 19.9. The monoisotopic (exact) mass is 353 g/mol. The fourth-order valence-electron chi connectivity index (χ4n) is 3.71. The van der Waals surface area contributed by atoms with E-state index >= 15 is 0 Å². The van der Waals surface area contributed by atoms with Crippen molar-refractivity contribution in [1.82, 2.24) is 4.90 Å². The Hall–Kier alpha value is -2.21. The highest BCUT2D eigenvalue weighted by Gasteiger charge is 2.45. The van der Waals surface area contributed by atoms with E-state index in [1.54, 1.807) is 4.90 Å². The minimum Gasteiger partial charge on any atom is -0.324 e. The number of nitrogens with two attached hydrogens (primary N) is 1. The molecule has 26 heavy (non-hydrogen) atoms. The maximum absolute atomic E-state index is 12.9. The molecule has 3 rings (SSSR count). The van der Waals surface area contributed by atoms with Crippen molar-refractivity contribution in [2.75, 3.05) is 52.2 Å². The molecule has 1 aliphatic rings. The SMILES string of the molecule is CN(C(=O)CN1CC[N+](C)(C)CC1(N)c1ccccc1)c1ccccc1. The second-order valence-corrected chi connectivity index (χ2v) is 7.82. The first-order chi connectivity index (χ1) is 12.3. The molecule has 1 unspecified atom stereocenters. The molecular formula is C21H29N4O+. The molecule has 0 aromatic heterocycles. The summed E-state index contributed by atoms with van der Waals surface area (Å²) in [6.45, 7) is 2.82. The van der Waals surface area contributed by atoms with E-state index in [2.05, 4.69) is 31.1 Å². The maximum Gasteiger partial charge on any atom is 0.240 e. The van der Waals surface area contributed by atoms with E-state index in [4.69, 9.17) is 5.73 Å². The van der Waals surface area contributed by atoms with Crippen LogP contribution in [0.5, 0.6) is 0 Å². The number of benzene rings is 2. The van der Waals surface area contributed by atoms with Crippen LogP contribution in [0.2, 0.25) is 0 Å². The summed E-state index contributed by atoms with van der Waals surface area (Å²) in [5.74, 6) is 0.0502. The standard InChI is InChI=1S/C21H29N4O/c1-23(19-12-8-5-9-13-19)20(26)16-24-14-15-25(2,3)17-21(24,22)18-10-6-4-7-11-18/h4-13H,14-17,22H2,1-3H3/q+1. The Balaban J connectivity index is 1.84. The third-order valence-electron chi connectivity index (χ3n) is 5.33. The predicted octanol–water partition coefficient (Wildman–Crippen LogP) is 1.85. The minimum atomic E-state index is -0.657. The van der Waals surface area contributed by atoms with Gasteiger partial charge in [-0.2, -0.15) is 0 Å². The van der Waals surface area contributed by atoms with E-state index in [-0.39, 0.29) is 5.91 Å². The van der Waals surface area contributed by atoms with E-state index in [0.29, 0.717) is 6.54 Å². The van der Waals surface area contributed by atoms with Crippen molar-refractivity contribution in [1.29, 1.82) is 0 Å². The molecule has 2 aromatic rings. The van der Waals surface area contributed by atoms with Gasteiger partial charge < -0.3 is 15.1 Å². The third kappa shape index (κ3) is 3.80. The van der Waals surface area contributed by atoms with Crippen molar-refractivity contribution in [3.05, 3.63) is 66.2 Å². The highest BCUT2D eigenvalue weighted by Crippen LogP contribution is 2.29. The van der Waals surface area contributed by atoms with E-state index in [1.165, 1.54) is 0 Å². The summed E-state index contributed by atoms with van der Waals surface area (Å²) in [5, 5.41) is 0. The third-order valence-corrected chi connectivity index (χ3v) is 5.33. The topological polar surface area (TPSA) is 49.6 Å². The number of carbonyl (C=O) groups excluding carboxylic acids is 1. The average molecular weight is 353 g/mol. The normalized spacial score (nSPS) is 22.8. The molecule has 0 saturated carbocycles. The summed E-state index contributed by atoms with van der Waals surface area (Å²) in [6.07, 6.45) is 0.